The normalized spacial score (nSPS) is 21.1. The van der Waals surface area contributed by atoms with Gasteiger partial charge in [0.1, 0.15) is 11.9 Å². The number of benzene rings is 2. The fraction of sp³-hybridized carbons (Fsp3) is 0.500. The smallest absolute Gasteiger partial charge is 0.242 e. The molecule has 2 aromatic carbocycles. The number of fused-ring (bicyclic) bond motifs is 1. The second-order valence-electron chi connectivity index (χ2n) is 10.6. The average Bonchev–Trinajstić information content (AvgIpc) is 3.72. The van der Waals surface area contributed by atoms with E-state index in [1.54, 1.807) is 54.3 Å². The number of ether oxygens (including phenoxy) is 1. The summed E-state index contributed by atoms with van der Waals surface area (Å²) in [7, 11) is -2.25. The van der Waals surface area contributed by atoms with E-state index in [4.69, 9.17) is 4.74 Å². The minimum absolute atomic E-state index is 0.0315. The standard InChI is InChI=1S/C28H37N3O6S/c1-18-5-10-24(11-6-18)38(35,36)30(4)16-26-19(2)15-31(20(3)17-32)27(33)14-22-13-23(9-12-25(22)37-26)29-28(34)21-7-8-21/h5-6,9-13,19-21,26,32H,7-8,14-17H2,1-4H3,(H,29,34)/t19-,20+,26-/m0/s1. The molecule has 38 heavy (non-hydrogen) atoms. The summed E-state index contributed by atoms with van der Waals surface area (Å²) in [5, 5.41) is 12.7. The molecule has 10 heteroatoms. The van der Waals surface area contributed by atoms with Crippen LogP contribution >= 0.6 is 0 Å². The van der Waals surface area contributed by atoms with E-state index in [1.165, 1.54) is 11.4 Å². The van der Waals surface area contributed by atoms with Crippen LogP contribution in [0, 0.1) is 18.8 Å². The summed E-state index contributed by atoms with van der Waals surface area (Å²) in [5.74, 6) is 0.0544. The monoisotopic (exact) mass is 543 g/mol. The molecule has 2 aliphatic rings. The third-order valence-electron chi connectivity index (χ3n) is 7.30. The first-order chi connectivity index (χ1) is 18.0. The third-order valence-corrected chi connectivity index (χ3v) is 9.14. The van der Waals surface area contributed by atoms with Gasteiger partial charge in [-0.25, -0.2) is 8.42 Å². The van der Waals surface area contributed by atoms with Gasteiger partial charge in [0.25, 0.3) is 0 Å². The van der Waals surface area contributed by atoms with E-state index < -0.39 is 22.2 Å². The molecule has 9 nitrogen and oxygen atoms in total. The molecule has 0 unspecified atom stereocenters. The molecule has 1 fully saturated rings. The van der Waals surface area contributed by atoms with Gasteiger partial charge in [0.2, 0.25) is 21.8 Å². The lowest BCUT2D eigenvalue weighted by Gasteiger charge is -2.33. The van der Waals surface area contributed by atoms with E-state index in [9.17, 15) is 23.1 Å². The number of hydrogen-bond donors (Lipinski definition) is 2. The molecular weight excluding hydrogens is 506 g/mol. The number of aryl methyl sites for hydroxylation is 1. The van der Waals surface area contributed by atoms with E-state index in [2.05, 4.69) is 5.32 Å². The van der Waals surface area contributed by atoms with E-state index in [1.807, 2.05) is 13.8 Å². The van der Waals surface area contributed by atoms with Crippen LogP contribution in [0.2, 0.25) is 0 Å². The molecule has 0 spiro atoms. The first kappa shape index (κ1) is 28.1. The molecule has 206 valence electrons. The topological polar surface area (TPSA) is 116 Å². The number of anilines is 1. The molecule has 2 amide bonds. The minimum atomic E-state index is -3.77. The van der Waals surface area contributed by atoms with Gasteiger partial charge in [-0.15, -0.1) is 0 Å². The zero-order valence-corrected chi connectivity index (χ0v) is 23.2. The maximum Gasteiger partial charge on any atom is 0.242 e. The second kappa shape index (κ2) is 11.4. The zero-order chi connectivity index (χ0) is 27.6. The number of nitrogens with zero attached hydrogens (tertiary/aromatic N) is 2. The highest BCUT2D eigenvalue weighted by Gasteiger charge is 2.34. The van der Waals surface area contributed by atoms with E-state index in [-0.39, 0.29) is 48.1 Å². The van der Waals surface area contributed by atoms with Gasteiger partial charge >= 0.3 is 0 Å². The minimum Gasteiger partial charge on any atom is -0.488 e. The van der Waals surface area contributed by atoms with Crippen LogP contribution in [0.1, 0.15) is 37.8 Å². The molecule has 2 N–H and O–H groups in total. The molecule has 1 heterocycles. The number of sulfonamides is 1. The van der Waals surface area contributed by atoms with Crippen molar-refractivity contribution in [3.8, 4) is 5.75 Å². The Morgan fingerprint density at radius 3 is 2.53 bits per heavy atom. The van der Waals surface area contributed by atoms with Gasteiger partial charge in [-0.05, 0) is 57.0 Å². The van der Waals surface area contributed by atoms with Crippen molar-refractivity contribution in [2.75, 3.05) is 32.1 Å². The van der Waals surface area contributed by atoms with Gasteiger partial charge in [-0.3, -0.25) is 9.59 Å². The van der Waals surface area contributed by atoms with Gasteiger partial charge in [-0.2, -0.15) is 4.31 Å². The number of amides is 2. The highest BCUT2D eigenvalue weighted by Crippen LogP contribution is 2.33. The van der Waals surface area contributed by atoms with E-state index in [0.717, 1.165) is 18.4 Å². The maximum absolute atomic E-state index is 13.3. The van der Waals surface area contributed by atoms with Crippen molar-refractivity contribution in [3.63, 3.8) is 0 Å². The Labute approximate surface area is 224 Å². The Bertz CT molecular complexity index is 1280. The Balaban J connectivity index is 1.64. The molecule has 2 aromatic rings. The SMILES string of the molecule is Cc1ccc(S(=O)(=O)N(C)C[C@@H]2Oc3ccc(NC(=O)C4CC4)cc3CC(=O)N([C@H](C)CO)C[C@@H]2C)cc1. The fourth-order valence-electron chi connectivity index (χ4n) is 4.56. The zero-order valence-electron chi connectivity index (χ0n) is 22.4. The number of likely N-dealkylation sites (N-methyl/N-ethyl adjacent to an activating group) is 1. The van der Waals surface area contributed by atoms with Crippen molar-refractivity contribution in [2.45, 2.75) is 57.1 Å². The maximum atomic E-state index is 13.3. The molecule has 3 atom stereocenters. The summed E-state index contributed by atoms with van der Waals surface area (Å²) in [5.41, 5.74) is 2.15. The highest BCUT2D eigenvalue weighted by molar-refractivity contribution is 7.89. The molecule has 0 saturated heterocycles. The molecule has 0 aromatic heterocycles. The second-order valence-corrected chi connectivity index (χ2v) is 12.6. The molecule has 1 aliphatic heterocycles. The summed E-state index contributed by atoms with van der Waals surface area (Å²) in [4.78, 5) is 27.5. The van der Waals surface area contributed by atoms with Crippen LogP contribution in [0.5, 0.6) is 5.75 Å². The van der Waals surface area contributed by atoms with Crippen LogP contribution in [0.25, 0.3) is 0 Å². The van der Waals surface area contributed by atoms with Gasteiger partial charge < -0.3 is 20.1 Å². The lowest BCUT2D eigenvalue weighted by molar-refractivity contribution is -0.134. The number of carbonyl (C=O) groups excluding carboxylic acids is 2. The number of carbonyl (C=O) groups is 2. The van der Waals surface area contributed by atoms with Gasteiger partial charge in [-0.1, -0.05) is 24.6 Å². The summed E-state index contributed by atoms with van der Waals surface area (Å²) in [6.07, 6.45) is 1.21. The molecule has 1 aliphatic carbocycles. The third kappa shape index (κ3) is 6.36. The van der Waals surface area contributed by atoms with Crippen LogP contribution in [-0.4, -0.2) is 73.4 Å². The van der Waals surface area contributed by atoms with Crippen molar-refractivity contribution in [3.05, 3.63) is 53.6 Å². The van der Waals surface area contributed by atoms with Crippen LogP contribution in [0.4, 0.5) is 5.69 Å². The number of aliphatic hydroxyl groups is 1. The number of hydrogen-bond acceptors (Lipinski definition) is 6. The van der Waals surface area contributed by atoms with Gasteiger partial charge in [0, 0.05) is 36.7 Å². The lowest BCUT2D eigenvalue weighted by atomic mass is 10.0. The Hall–Kier alpha value is -2.95. The van der Waals surface area contributed by atoms with Crippen LogP contribution in [-0.2, 0) is 26.0 Å². The highest BCUT2D eigenvalue weighted by atomic mass is 32.2. The van der Waals surface area contributed by atoms with Gasteiger partial charge in [0.15, 0.2) is 0 Å². The molecule has 0 radical (unpaired) electrons. The predicted molar refractivity (Wildman–Crippen MR) is 144 cm³/mol. The number of rotatable bonds is 8. The largest absolute Gasteiger partial charge is 0.488 e. The quantitative estimate of drug-likeness (QED) is 0.529. The molecule has 1 saturated carbocycles. The number of aliphatic hydroxyl groups excluding tert-OH is 1. The first-order valence-electron chi connectivity index (χ1n) is 13.0. The van der Waals surface area contributed by atoms with Crippen molar-refractivity contribution in [1.29, 1.82) is 0 Å². The molecule has 4 rings (SSSR count). The van der Waals surface area contributed by atoms with Crippen LogP contribution in [0.3, 0.4) is 0 Å². The first-order valence-corrected chi connectivity index (χ1v) is 14.5. The van der Waals surface area contributed by atoms with Gasteiger partial charge in [0.05, 0.1) is 30.5 Å². The number of nitrogens with one attached hydrogen (secondary N) is 1. The summed E-state index contributed by atoms with van der Waals surface area (Å²) >= 11 is 0. The molecular formula is C28H37N3O6S. The molecule has 0 bridgehead atoms. The summed E-state index contributed by atoms with van der Waals surface area (Å²) < 4.78 is 34.3. The Morgan fingerprint density at radius 1 is 1.21 bits per heavy atom. The average molecular weight is 544 g/mol. The summed E-state index contributed by atoms with van der Waals surface area (Å²) in [6.45, 7) is 5.75. The van der Waals surface area contributed by atoms with Crippen molar-refractivity contribution >= 4 is 27.5 Å². The van der Waals surface area contributed by atoms with Crippen molar-refractivity contribution in [1.82, 2.24) is 9.21 Å². The fourth-order valence-corrected chi connectivity index (χ4v) is 5.74. The summed E-state index contributed by atoms with van der Waals surface area (Å²) in [6, 6.07) is 11.5. The lowest BCUT2D eigenvalue weighted by Crippen LogP contribution is -2.48. The Kier molecular flexibility index (Phi) is 8.44. The Morgan fingerprint density at radius 2 is 1.89 bits per heavy atom. The predicted octanol–water partition coefficient (Wildman–Crippen LogP) is 2.81. The van der Waals surface area contributed by atoms with Crippen LogP contribution in [0.15, 0.2) is 47.4 Å². The van der Waals surface area contributed by atoms with Crippen molar-refractivity contribution in [2.24, 2.45) is 11.8 Å². The van der Waals surface area contributed by atoms with Crippen LogP contribution < -0.4 is 10.1 Å². The van der Waals surface area contributed by atoms with E-state index >= 15 is 0 Å². The van der Waals surface area contributed by atoms with E-state index in [0.29, 0.717) is 23.5 Å². The van der Waals surface area contributed by atoms with Crippen molar-refractivity contribution < 1.29 is 27.9 Å².